The fourth-order valence-electron chi connectivity index (χ4n) is 2.84. The summed E-state index contributed by atoms with van der Waals surface area (Å²) in [5.74, 6) is 0. The predicted molar refractivity (Wildman–Crippen MR) is 86.4 cm³/mol. The van der Waals surface area contributed by atoms with Crippen molar-refractivity contribution in [3.63, 3.8) is 0 Å². The lowest BCUT2D eigenvalue weighted by molar-refractivity contribution is -0.137. The molecule has 2 aromatic rings. The molecule has 0 aliphatic heterocycles. The first kappa shape index (κ1) is 16.0. The van der Waals surface area contributed by atoms with Crippen LogP contribution in [0.5, 0.6) is 0 Å². The zero-order valence-corrected chi connectivity index (χ0v) is 13.1. The molecule has 0 amide bonds. The zero-order chi connectivity index (χ0) is 15.5. The molecule has 1 atom stereocenters. The number of halogens is 1. The monoisotopic (exact) mass is 304 g/mol. The maximum absolute atomic E-state index is 11.5. The van der Waals surface area contributed by atoms with Crippen LogP contribution in [-0.4, -0.2) is 15.8 Å². The minimum Gasteiger partial charge on any atom is -0.386 e. The Morgan fingerprint density at radius 2 is 1.29 bits per heavy atom. The van der Waals surface area contributed by atoms with E-state index in [1.807, 2.05) is 44.2 Å². The van der Waals surface area contributed by atoms with Crippen molar-refractivity contribution in [2.45, 2.75) is 37.9 Å². The standard InChI is InChI=1S/C18H21ClO2/c1-3-17(20,4-2)18(21,14-8-6-5-7-9-14)15-10-12-16(19)13-11-15/h5-13,20-21H,3-4H2,1-2H3. The van der Waals surface area contributed by atoms with Crippen LogP contribution in [0.1, 0.15) is 37.8 Å². The third-order valence-electron chi connectivity index (χ3n) is 4.30. The molecule has 0 radical (unpaired) electrons. The molecule has 3 heteroatoms. The van der Waals surface area contributed by atoms with E-state index in [0.717, 1.165) is 0 Å². The summed E-state index contributed by atoms with van der Waals surface area (Å²) in [4.78, 5) is 0. The summed E-state index contributed by atoms with van der Waals surface area (Å²) in [7, 11) is 0. The molecule has 0 spiro atoms. The van der Waals surface area contributed by atoms with Gasteiger partial charge < -0.3 is 10.2 Å². The summed E-state index contributed by atoms with van der Waals surface area (Å²) in [6.07, 6.45) is 0.884. The quantitative estimate of drug-likeness (QED) is 0.872. The van der Waals surface area contributed by atoms with E-state index in [2.05, 4.69) is 0 Å². The topological polar surface area (TPSA) is 40.5 Å². The summed E-state index contributed by atoms with van der Waals surface area (Å²) < 4.78 is 0. The van der Waals surface area contributed by atoms with Crippen molar-refractivity contribution >= 4 is 11.6 Å². The van der Waals surface area contributed by atoms with Gasteiger partial charge in [-0.15, -0.1) is 0 Å². The first-order chi connectivity index (χ1) is 9.98. The van der Waals surface area contributed by atoms with E-state index in [0.29, 0.717) is 29.0 Å². The molecule has 0 aliphatic rings. The van der Waals surface area contributed by atoms with Gasteiger partial charge in [-0.2, -0.15) is 0 Å². The van der Waals surface area contributed by atoms with Gasteiger partial charge in [-0.25, -0.2) is 0 Å². The van der Waals surface area contributed by atoms with Gasteiger partial charge in [0.2, 0.25) is 0 Å². The first-order valence-corrected chi connectivity index (χ1v) is 7.62. The van der Waals surface area contributed by atoms with E-state index in [1.165, 1.54) is 0 Å². The Bertz CT molecular complexity index is 576. The average molecular weight is 305 g/mol. The largest absolute Gasteiger partial charge is 0.386 e. The smallest absolute Gasteiger partial charge is 0.143 e. The summed E-state index contributed by atoms with van der Waals surface area (Å²) in [5.41, 5.74) is -1.40. The van der Waals surface area contributed by atoms with Gasteiger partial charge in [0.25, 0.3) is 0 Å². The van der Waals surface area contributed by atoms with E-state index in [1.54, 1.807) is 24.3 Å². The maximum atomic E-state index is 11.5. The second-order valence-electron chi connectivity index (χ2n) is 5.32. The second-order valence-corrected chi connectivity index (χ2v) is 5.76. The van der Waals surface area contributed by atoms with Crippen molar-refractivity contribution in [1.29, 1.82) is 0 Å². The fourth-order valence-corrected chi connectivity index (χ4v) is 2.96. The normalized spacial score (nSPS) is 14.7. The lowest BCUT2D eigenvalue weighted by atomic mass is 9.70. The van der Waals surface area contributed by atoms with Gasteiger partial charge in [0.05, 0.1) is 0 Å². The summed E-state index contributed by atoms with van der Waals surface area (Å²) in [6, 6.07) is 16.3. The van der Waals surface area contributed by atoms with Gasteiger partial charge >= 0.3 is 0 Å². The highest BCUT2D eigenvalue weighted by Crippen LogP contribution is 2.43. The number of rotatable bonds is 5. The summed E-state index contributed by atoms with van der Waals surface area (Å²) >= 11 is 5.95. The lowest BCUT2D eigenvalue weighted by Gasteiger charge is -2.43. The summed E-state index contributed by atoms with van der Waals surface area (Å²) in [6.45, 7) is 3.76. The van der Waals surface area contributed by atoms with Crippen LogP contribution in [0.3, 0.4) is 0 Å². The van der Waals surface area contributed by atoms with Crippen LogP contribution in [0.4, 0.5) is 0 Å². The average Bonchev–Trinajstić information content (AvgIpc) is 2.54. The third-order valence-corrected chi connectivity index (χ3v) is 4.55. The van der Waals surface area contributed by atoms with Gasteiger partial charge in [-0.3, -0.25) is 0 Å². The molecule has 21 heavy (non-hydrogen) atoms. The van der Waals surface area contributed by atoms with Crippen molar-refractivity contribution in [2.24, 2.45) is 0 Å². The molecular formula is C18H21ClO2. The number of benzene rings is 2. The minimum atomic E-state index is -1.47. The van der Waals surface area contributed by atoms with Gasteiger partial charge in [-0.1, -0.05) is 67.9 Å². The van der Waals surface area contributed by atoms with Crippen molar-refractivity contribution in [3.8, 4) is 0 Å². The van der Waals surface area contributed by atoms with E-state index in [9.17, 15) is 10.2 Å². The second kappa shape index (κ2) is 6.18. The highest BCUT2D eigenvalue weighted by molar-refractivity contribution is 6.30. The molecule has 0 fully saturated rings. The van der Waals surface area contributed by atoms with Crippen molar-refractivity contribution in [1.82, 2.24) is 0 Å². The Morgan fingerprint density at radius 1 is 0.810 bits per heavy atom. The van der Waals surface area contributed by atoms with Gasteiger partial charge in [-0.05, 0) is 36.1 Å². The molecule has 2 rings (SSSR count). The Hall–Kier alpha value is -1.35. The highest BCUT2D eigenvalue weighted by Gasteiger charge is 2.49. The molecule has 2 aromatic carbocycles. The molecule has 0 heterocycles. The molecule has 0 bridgehead atoms. The number of hydrogen-bond acceptors (Lipinski definition) is 2. The van der Waals surface area contributed by atoms with Crippen LogP contribution in [0, 0.1) is 0 Å². The highest BCUT2D eigenvalue weighted by atomic mass is 35.5. The van der Waals surface area contributed by atoms with Gasteiger partial charge in [0.1, 0.15) is 11.2 Å². The predicted octanol–water partition coefficient (Wildman–Crippen LogP) is 4.13. The fraction of sp³-hybridized carbons (Fsp3) is 0.333. The molecule has 1 unspecified atom stereocenters. The Balaban J connectivity index is 2.67. The van der Waals surface area contributed by atoms with Crippen LogP contribution in [0.15, 0.2) is 54.6 Å². The maximum Gasteiger partial charge on any atom is 0.143 e. The molecule has 0 saturated heterocycles. The lowest BCUT2D eigenvalue weighted by Crippen LogP contribution is -2.51. The van der Waals surface area contributed by atoms with E-state index < -0.39 is 11.2 Å². The van der Waals surface area contributed by atoms with E-state index in [4.69, 9.17) is 11.6 Å². The number of aliphatic hydroxyl groups is 2. The molecule has 2 N–H and O–H groups in total. The Labute approximate surface area is 131 Å². The van der Waals surface area contributed by atoms with Crippen LogP contribution >= 0.6 is 11.6 Å². The molecule has 2 nitrogen and oxygen atoms in total. The van der Waals surface area contributed by atoms with E-state index in [-0.39, 0.29) is 0 Å². The van der Waals surface area contributed by atoms with Crippen molar-refractivity contribution in [2.75, 3.05) is 0 Å². The Morgan fingerprint density at radius 3 is 1.76 bits per heavy atom. The van der Waals surface area contributed by atoms with Crippen LogP contribution in [0.25, 0.3) is 0 Å². The van der Waals surface area contributed by atoms with Crippen LogP contribution in [0.2, 0.25) is 5.02 Å². The molecule has 112 valence electrons. The van der Waals surface area contributed by atoms with Crippen LogP contribution < -0.4 is 0 Å². The Kier molecular flexibility index (Phi) is 4.72. The minimum absolute atomic E-state index is 0.442. The number of hydrogen-bond donors (Lipinski definition) is 2. The molecular weight excluding hydrogens is 284 g/mol. The molecule has 0 aromatic heterocycles. The molecule has 0 aliphatic carbocycles. The van der Waals surface area contributed by atoms with Crippen molar-refractivity contribution < 1.29 is 10.2 Å². The van der Waals surface area contributed by atoms with Crippen molar-refractivity contribution in [3.05, 3.63) is 70.7 Å². The molecule has 0 saturated carbocycles. The first-order valence-electron chi connectivity index (χ1n) is 7.24. The SMILES string of the molecule is CCC(O)(CC)C(O)(c1ccccc1)c1ccc(Cl)cc1. The summed E-state index contributed by atoms with van der Waals surface area (Å²) in [5, 5.41) is 23.1. The van der Waals surface area contributed by atoms with Crippen LogP contribution in [-0.2, 0) is 5.60 Å². The van der Waals surface area contributed by atoms with Gasteiger partial charge in [0, 0.05) is 5.02 Å². The van der Waals surface area contributed by atoms with Gasteiger partial charge in [0.15, 0.2) is 0 Å². The zero-order valence-electron chi connectivity index (χ0n) is 12.4. The third kappa shape index (κ3) is 2.71. The van der Waals surface area contributed by atoms with E-state index >= 15 is 0 Å².